The third-order valence-electron chi connectivity index (χ3n) is 6.62. The largest absolute Gasteiger partial charge is 0.384 e. The molecule has 0 spiro atoms. The van der Waals surface area contributed by atoms with Crippen LogP contribution in [0, 0.1) is 5.92 Å². The Kier molecular flexibility index (Phi) is 5.26. The van der Waals surface area contributed by atoms with Gasteiger partial charge in [-0.25, -0.2) is 0 Å². The van der Waals surface area contributed by atoms with Crippen LogP contribution in [0.1, 0.15) is 25.5 Å². The summed E-state index contributed by atoms with van der Waals surface area (Å²) < 4.78 is 0. The Hall–Kier alpha value is -2.73. The average molecular weight is 424 g/mol. The predicted octanol–water partition coefficient (Wildman–Crippen LogP) is 5.72. The molecule has 0 fully saturated rings. The second kappa shape index (κ2) is 8.08. The van der Waals surface area contributed by atoms with Crippen molar-refractivity contribution in [1.82, 2.24) is 0 Å². The Balaban J connectivity index is 1.87. The second-order valence-electron chi connectivity index (χ2n) is 8.68. The maximum absolute atomic E-state index is 11.9. The van der Waals surface area contributed by atoms with Crippen LogP contribution in [0.2, 0.25) is 0 Å². The van der Waals surface area contributed by atoms with Gasteiger partial charge >= 0.3 is 0 Å². The van der Waals surface area contributed by atoms with Crippen molar-refractivity contribution in [2.75, 3.05) is 0 Å². The summed E-state index contributed by atoms with van der Waals surface area (Å²) in [4.78, 5) is 0. The molecule has 31 heavy (non-hydrogen) atoms. The number of fused-ring (bicyclic) bond motifs is 3. The topological polar surface area (TPSA) is 20.2 Å². The van der Waals surface area contributed by atoms with Gasteiger partial charge in [-0.1, -0.05) is 98.8 Å². The third kappa shape index (κ3) is 3.07. The SMILES string of the molecule is CC(C)C(C(O)c1ccccc1)[P+]1(c2ccccc2)c2ccccc2-c2ccccc21. The monoisotopic (exact) mass is 423 g/mol. The quantitative estimate of drug-likeness (QED) is 0.407. The van der Waals surface area contributed by atoms with Gasteiger partial charge in [-0.15, -0.1) is 0 Å². The van der Waals surface area contributed by atoms with Crippen LogP contribution in [0.5, 0.6) is 0 Å². The number of hydrogen-bond acceptors (Lipinski definition) is 1. The number of benzene rings is 4. The van der Waals surface area contributed by atoms with Crippen molar-refractivity contribution in [3.05, 3.63) is 115 Å². The first kappa shape index (κ1) is 20.2. The Morgan fingerprint density at radius 2 is 1.03 bits per heavy atom. The second-order valence-corrected chi connectivity index (χ2v) is 12.2. The lowest BCUT2D eigenvalue weighted by Crippen LogP contribution is -2.41. The first-order chi connectivity index (χ1) is 15.2. The highest BCUT2D eigenvalue weighted by Crippen LogP contribution is 2.69. The van der Waals surface area contributed by atoms with Gasteiger partial charge in [0.15, 0.2) is 0 Å². The predicted molar refractivity (Wildman–Crippen MR) is 134 cm³/mol. The van der Waals surface area contributed by atoms with E-state index in [9.17, 15) is 5.11 Å². The molecule has 5 rings (SSSR count). The van der Waals surface area contributed by atoms with Crippen LogP contribution in [0.3, 0.4) is 0 Å². The minimum absolute atomic E-state index is 0.0714. The van der Waals surface area contributed by atoms with Crippen LogP contribution in [0.4, 0.5) is 0 Å². The molecule has 4 aromatic rings. The fourth-order valence-electron chi connectivity index (χ4n) is 5.45. The highest BCUT2D eigenvalue weighted by molar-refractivity contribution is 7.97. The smallest absolute Gasteiger partial charge is 0.119 e. The Morgan fingerprint density at radius 3 is 1.55 bits per heavy atom. The zero-order chi connectivity index (χ0) is 21.4. The van der Waals surface area contributed by atoms with Crippen molar-refractivity contribution >= 4 is 23.2 Å². The van der Waals surface area contributed by atoms with Gasteiger partial charge in [0.1, 0.15) is 34.9 Å². The van der Waals surface area contributed by atoms with Gasteiger partial charge < -0.3 is 5.11 Å². The summed E-state index contributed by atoms with van der Waals surface area (Å²) in [6, 6.07) is 38.9. The van der Waals surface area contributed by atoms with Crippen molar-refractivity contribution in [3.8, 4) is 11.1 Å². The number of aliphatic hydroxyl groups is 1. The van der Waals surface area contributed by atoms with E-state index in [2.05, 4.69) is 105 Å². The summed E-state index contributed by atoms with van der Waals surface area (Å²) in [5.74, 6) is 0.294. The molecule has 2 heteroatoms. The van der Waals surface area contributed by atoms with Crippen molar-refractivity contribution in [1.29, 1.82) is 0 Å². The maximum atomic E-state index is 11.9. The van der Waals surface area contributed by atoms with E-state index in [-0.39, 0.29) is 5.66 Å². The van der Waals surface area contributed by atoms with E-state index >= 15 is 0 Å². The van der Waals surface area contributed by atoms with Gasteiger partial charge in [-0.2, -0.15) is 0 Å². The number of aliphatic hydroxyl groups excluding tert-OH is 1. The number of hydrogen-bond donors (Lipinski definition) is 1. The van der Waals surface area contributed by atoms with E-state index in [1.165, 1.54) is 27.0 Å². The molecule has 0 radical (unpaired) electrons. The lowest BCUT2D eigenvalue weighted by molar-refractivity contribution is 0.156. The Labute approximate surface area is 185 Å². The van der Waals surface area contributed by atoms with Crippen LogP contribution in [0.25, 0.3) is 11.1 Å². The van der Waals surface area contributed by atoms with Crippen molar-refractivity contribution < 1.29 is 5.11 Å². The first-order valence-electron chi connectivity index (χ1n) is 11.0. The summed E-state index contributed by atoms with van der Waals surface area (Å²) in [6.45, 7) is 4.54. The van der Waals surface area contributed by atoms with Gasteiger partial charge in [-0.05, 0) is 35.7 Å². The lowest BCUT2D eigenvalue weighted by atomic mass is 9.99. The van der Waals surface area contributed by atoms with Crippen molar-refractivity contribution in [2.24, 2.45) is 5.92 Å². The number of rotatable bonds is 5. The molecular weight excluding hydrogens is 395 g/mol. The summed E-state index contributed by atoms with van der Waals surface area (Å²) in [5.41, 5.74) is 3.71. The maximum Gasteiger partial charge on any atom is 0.119 e. The Morgan fingerprint density at radius 1 is 0.581 bits per heavy atom. The summed E-state index contributed by atoms with van der Waals surface area (Å²) in [5, 5.41) is 16.1. The van der Waals surface area contributed by atoms with E-state index < -0.39 is 13.4 Å². The molecule has 4 aromatic carbocycles. The highest BCUT2D eigenvalue weighted by atomic mass is 31.2. The van der Waals surface area contributed by atoms with Gasteiger partial charge in [-0.3, -0.25) is 0 Å². The van der Waals surface area contributed by atoms with Gasteiger partial charge in [0.2, 0.25) is 0 Å². The van der Waals surface area contributed by atoms with Crippen LogP contribution in [0.15, 0.2) is 109 Å². The summed E-state index contributed by atoms with van der Waals surface area (Å²) in [6.07, 6.45) is -0.547. The minimum atomic E-state index is -2.12. The Bertz CT molecular complexity index is 1140. The standard InChI is InChI=1S/C29H28OP/c1-21(2)29(28(30)22-13-5-3-6-14-22)31(23-15-7-4-8-16-23)26-19-11-9-17-24(26)25-18-10-12-20-27(25)31/h3-21,28-30H,1-2H3/q+1. The molecule has 2 unspecified atom stereocenters. The first-order valence-corrected chi connectivity index (χ1v) is 12.9. The van der Waals surface area contributed by atoms with Crippen LogP contribution >= 0.6 is 7.26 Å². The molecule has 154 valence electrons. The summed E-state index contributed by atoms with van der Waals surface area (Å²) >= 11 is 0. The van der Waals surface area contributed by atoms with E-state index in [1.54, 1.807) is 0 Å². The molecule has 2 atom stereocenters. The molecule has 0 bridgehead atoms. The van der Waals surface area contributed by atoms with Crippen molar-refractivity contribution in [2.45, 2.75) is 25.6 Å². The molecule has 0 amide bonds. The van der Waals surface area contributed by atoms with Crippen LogP contribution in [-0.4, -0.2) is 10.8 Å². The van der Waals surface area contributed by atoms with Crippen molar-refractivity contribution in [3.63, 3.8) is 0 Å². The molecule has 0 saturated heterocycles. The molecule has 0 aliphatic carbocycles. The van der Waals surface area contributed by atoms with E-state index in [1.807, 2.05) is 18.2 Å². The van der Waals surface area contributed by atoms with Gasteiger partial charge in [0.05, 0.1) is 0 Å². The molecule has 1 aliphatic heterocycles. The molecule has 0 saturated carbocycles. The van der Waals surface area contributed by atoms with Gasteiger partial charge in [0.25, 0.3) is 0 Å². The molecule has 1 heterocycles. The van der Waals surface area contributed by atoms with E-state index in [0.29, 0.717) is 5.92 Å². The van der Waals surface area contributed by atoms with Crippen LogP contribution in [-0.2, 0) is 0 Å². The normalized spacial score (nSPS) is 15.9. The van der Waals surface area contributed by atoms with E-state index in [4.69, 9.17) is 0 Å². The zero-order valence-corrected chi connectivity index (χ0v) is 18.9. The fourth-order valence-corrected chi connectivity index (χ4v) is 11.2. The van der Waals surface area contributed by atoms with Gasteiger partial charge in [0, 0.05) is 11.1 Å². The molecule has 0 aromatic heterocycles. The summed E-state index contributed by atoms with van der Waals surface area (Å²) in [7, 11) is -2.12. The molecule has 1 nitrogen and oxygen atoms in total. The molecule has 1 N–H and O–H groups in total. The van der Waals surface area contributed by atoms with E-state index in [0.717, 1.165) is 5.56 Å². The highest BCUT2D eigenvalue weighted by Gasteiger charge is 2.61. The fraction of sp³-hybridized carbons (Fsp3) is 0.172. The zero-order valence-electron chi connectivity index (χ0n) is 18.0. The molecular formula is C29H28OP+. The third-order valence-corrected chi connectivity index (χ3v) is 11.8. The van der Waals surface area contributed by atoms with Crippen LogP contribution < -0.4 is 15.9 Å². The average Bonchev–Trinajstić information content (AvgIpc) is 3.11. The lowest BCUT2D eigenvalue weighted by Gasteiger charge is -2.37. The minimum Gasteiger partial charge on any atom is -0.384 e. The molecule has 1 aliphatic rings.